The Labute approximate surface area is 185 Å². The molecule has 0 spiro atoms. The average molecular weight is 440 g/mol. The highest BCUT2D eigenvalue weighted by Crippen LogP contribution is 2.27. The molecule has 3 aromatic rings. The van der Waals surface area contributed by atoms with Crippen molar-refractivity contribution in [2.24, 2.45) is 0 Å². The number of anilines is 1. The number of nitrogens with zero attached hydrogens (tertiary/aromatic N) is 1. The molecule has 1 heterocycles. The summed E-state index contributed by atoms with van der Waals surface area (Å²) < 4.78 is 10.5. The lowest BCUT2D eigenvalue weighted by molar-refractivity contribution is 0.0936. The van der Waals surface area contributed by atoms with Gasteiger partial charge in [-0.2, -0.15) is 0 Å². The van der Waals surface area contributed by atoms with Gasteiger partial charge in [-0.3, -0.25) is 10.1 Å². The maximum atomic E-state index is 13.1. The number of nitrogens with one attached hydrogen (secondary N) is 2. The molecular weight excluding hydrogens is 414 g/mol. The van der Waals surface area contributed by atoms with Crippen molar-refractivity contribution in [3.05, 3.63) is 65.2 Å². The third kappa shape index (κ3) is 5.82. The summed E-state index contributed by atoms with van der Waals surface area (Å²) in [6.45, 7) is 6.16. The maximum absolute atomic E-state index is 13.1. The Kier molecular flexibility index (Phi) is 7.61. The van der Waals surface area contributed by atoms with E-state index in [1.807, 2.05) is 43.5 Å². The molecule has 0 saturated carbocycles. The second kappa shape index (κ2) is 10.6. The van der Waals surface area contributed by atoms with Gasteiger partial charge in [-0.25, -0.2) is 9.78 Å². The number of carbonyl (C=O) groups excluding carboxylic acids is 2. The molecule has 2 N–H and O–H groups in total. The molecule has 0 radical (unpaired) electrons. The second-order valence-corrected chi connectivity index (χ2v) is 7.54. The summed E-state index contributed by atoms with van der Waals surface area (Å²) in [6.07, 6.45) is 1.19. The Bertz CT molecular complexity index is 1040. The lowest BCUT2D eigenvalue weighted by Crippen LogP contribution is -2.27. The van der Waals surface area contributed by atoms with Gasteiger partial charge in [-0.05, 0) is 50.6 Å². The van der Waals surface area contributed by atoms with E-state index >= 15 is 0 Å². The van der Waals surface area contributed by atoms with Crippen molar-refractivity contribution >= 4 is 29.0 Å². The minimum absolute atomic E-state index is 0.247. The Hall–Kier alpha value is -3.39. The molecular formula is C23H25N3O4S. The molecule has 0 aliphatic rings. The van der Waals surface area contributed by atoms with Crippen molar-refractivity contribution in [1.29, 1.82) is 0 Å². The molecule has 0 aliphatic carbocycles. The van der Waals surface area contributed by atoms with Crippen LogP contribution >= 0.6 is 11.3 Å². The zero-order chi connectivity index (χ0) is 22.2. The lowest BCUT2D eigenvalue weighted by Gasteiger charge is -2.17. The number of carbonyl (C=O) groups is 2. The van der Waals surface area contributed by atoms with Crippen molar-refractivity contribution in [2.75, 3.05) is 18.5 Å². The molecule has 8 heteroatoms. The summed E-state index contributed by atoms with van der Waals surface area (Å²) in [5, 5.41) is 8.48. The smallest absolute Gasteiger partial charge is 0.411 e. The summed E-state index contributed by atoms with van der Waals surface area (Å²) in [6, 6.07) is 12.6. The highest BCUT2D eigenvalue weighted by molar-refractivity contribution is 7.13. The van der Waals surface area contributed by atoms with Gasteiger partial charge in [0, 0.05) is 22.8 Å². The van der Waals surface area contributed by atoms with Crippen LogP contribution in [0.5, 0.6) is 5.75 Å². The molecule has 31 heavy (non-hydrogen) atoms. The standard InChI is InChI=1S/C23H25N3O4S/c1-4-29-20-10-9-18(26-23(28)30-5-2)14-19(20)21(27)25-15(3)16-7-6-8-17(13-16)22-24-11-12-31-22/h6-15H,4-5H2,1-3H3,(H,25,27)(H,26,28). The molecule has 1 aromatic heterocycles. The van der Waals surface area contributed by atoms with Crippen LogP contribution in [-0.4, -0.2) is 30.2 Å². The van der Waals surface area contributed by atoms with E-state index in [4.69, 9.17) is 9.47 Å². The van der Waals surface area contributed by atoms with E-state index in [1.54, 1.807) is 42.7 Å². The number of thiazole rings is 1. The molecule has 0 aliphatic heterocycles. The van der Waals surface area contributed by atoms with Crippen LogP contribution in [0.2, 0.25) is 0 Å². The summed E-state index contributed by atoms with van der Waals surface area (Å²) >= 11 is 1.56. The Morgan fingerprint density at radius 3 is 2.68 bits per heavy atom. The zero-order valence-corrected chi connectivity index (χ0v) is 18.5. The summed E-state index contributed by atoms with van der Waals surface area (Å²) in [4.78, 5) is 29.1. The van der Waals surface area contributed by atoms with Crippen LogP contribution in [0.4, 0.5) is 10.5 Å². The highest BCUT2D eigenvalue weighted by atomic mass is 32.1. The van der Waals surface area contributed by atoms with Gasteiger partial charge in [-0.1, -0.05) is 18.2 Å². The molecule has 0 saturated heterocycles. The third-order valence-corrected chi connectivity index (χ3v) is 5.28. The van der Waals surface area contributed by atoms with Gasteiger partial charge in [-0.15, -0.1) is 11.3 Å². The quantitative estimate of drug-likeness (QED) is 0.499. The minimum Gasteiger partial charge on any atom is -0.493 e. The van der Waals surface area contributed by atoms with Crippen LogP contribution in [0.3, 0.4) is 0 Å². The first-order valence-electron chi connectivity index (χ1n) is 10.0. The summed E-state index contributed by atoms with van der Waals surface area (Å²) in [5.41, 5.74) is 2.74. The van der Waals surface area contributed by atoms with Gasteiger partial charge in [0.25, 0.3) is 5.91 Å². The zero-order valence-electron chi connectivity index (χ0n) is 17.7. The molecule has 2 aromatic carbocycles. The van der Waals surface area contributed by atoms with Crippen LogP contribution in [0.1, 0.15) is 42.7 Å². The number of rotatable bonds is 8. The number of hydrogen-bond donors (Lipinski definition) is 2. The van der Waals surface area contributed by atoms with Crippen LogP contribution in [-0.2, 0) is 4.74 Å². The van der Waals surface area contributed by atoms with E-state index < -0.39 is 6.09 Å². The first kappa shape index (κ1) is 22.3. The Morgan fingerprint density at radius 2 is 1.97 bits per heavy atom. The van der Waals surface area contributed by atoms with E-state index in [0.29, 0.717) is 23.6 Å². The highest BCUT2D eigenvalue weighted by Gasteiger charge is 2.18. The number of amides is 2. The van der Waals surface area contributed by atoms with Gasteiger partial charge in [0.2, 0.25) is 0 Å². The van der Waals surface area contributed by atoms with Crippen molar-refractivity contribution < 1.29 is 19.1 Å². The van der Waals surface area contributed by atoms with Gasteiger partial charge < -0.3 is 14.8 Å². The fraction of sp³-hybridized carbons (Fsp3) is 0.261. The molecule has 3 rings (SSSR count). The van der Waals surface area contributed by atoms with Gasteiger partial charge in [0.05, 0.1) is 24.8 Å². The lowest BCUT2D eigenvalue weighted by atomic mass is 10.0. The van der Waals surface area contributed by atoms with Crippen LogP contribution in [0.15, 0.2) is 54.0 Å². The SMILES string of the molecule is CCOC(=O)Nc1ccc(OCC)c(C(=O)NC(C)c2cccc(-c3nccs3)c2)c1. The summed E-state index contributed by atoms with van der Waals surface area (Å²) in [7, 11) is 0. The van der Waals surface area contributed by atoms with E-state index in [2.05, 4.69) is 15.6 Å². The van der Waals surface area contributed by atoms with Gasteiger partial charge in [0.15, 0.2) is 0 Å². The number of aromatic nitrogens is 1. The Morgan fingerprint density at radius 1 is 1.13 bits per heavy atom. The van der Waals surface area contributed by atoms with Crippen molar-refractivity contribution in [1.82, 2.24) is 10.3 Å². The molecule has 0 fully saturated rings. The van der Waals surface area contributed by atoms with Crippen LogP contribution in [0.25, 0.3) is 10.6 Å². The number of ether oxygens (including phenoxy) is 2. The Balaban J connectivity index is 1.79. The monoisotopic (exact) mass is 439 g/mol. The second-order valence-electron chi connectivity index (χ2n) is 6.65. The third-order valence-electron chi connectivity index (χ3n) is 4.46. The van der Waals surface area contributed by atoms with Gasteiger partial charge >= 0.3 is 6.09 Å². The van der Waals surface area contributed by atoms with E-state index in [9.17, 15) is 9.59 Å². The maximum Gasteiger partial charge on any atom is 0.411 e. The number of benzene rings is 2. The first-order chi connectivity index (χ1) is 15.0. The van der Waals surface area contributed by atoms with Crippen molar-refractivity contribution in [3.8, 4) is 16.3 Å². The predicted molar refractivity (Wildman–Crippen MR) is 122 cm³/mol. The van der Waals surface area contributed by atoms with Crippen LogP contribution in [0, 0.1) is 0 Å². The van der Waals surface area contributed by atoms with E-state index in [0.717, 1.165) is 16.1 Å². The fourth-order valence-corrected chi connectivity index (χ4v) is 3.65. The van der Waals surface area contributed by atoms with Crippen molar-refractivity contribution in [3.63, 3.8) is 0 Å². The molecule has 1 unspecified atom stereocenters. The minimum atomic E-state index is -0.578. The largest absolute Gasteiger partial charge is 0.493 e. The predicted octanol–water partition coefficient (Wildman–Crippen LogP) is 5.27. The van der Waals surface area contributed by atoms with E-state index in [-0.39, 0.29) is 18.6 Å². The van der Waals surface area contributed by atoms with Gasteiger partial charge in [0.1, 0.15) is 10.8 Å². The molecule has 7 nitrogen and oxygen atoms in total. The molecule has 2 amide bonds. The number of hydrogen-bond acceptors (Lipinski definition) is 6. The molecule has 1 atom stereocenters. The topological polar surface area (TPSA) is 89.5 Å². The van der Waals surface area contributed by atoms with E-state index in [1.165, 1.54) is 0 Å². The van der Waals surface area contributed by atoms with Crippen molar-refractivity contribution in [2.45, 2.75) is 26.8 Å². The molecule has 0 bridgehead atoms. The van der Waals surface area contributed by atoms with Crippen LogP contribution < -0.4 is 15.4 Å². The molecule has 162 valence electrons. The average Bonchev–Trinajstić information content (AvgIpc) is 3.30. The summed E-state index contributed by atoms with van der Waals surface area (Å²) in [5.74, 6) is 0.140. The first-order valence-corrected chi connectivity index (χ1v) is 10.9. The fourth-order valence-electron chi connectivity index (χ4n) is 3.02. The normalized spacial score (nSPS) is 11.5.